The maximum atomic E-state index is 4.60. The van der Waals surface area contributed by atoms with E-state index in [1.165, 1.54) is 70.6 Å². The van der Waals surface area contributed by atoms with Gasteiger partial charge in [0.05, 0.1) is 5.69 Å². The minimum atomic E-state index is 0.982. The first-order valence-corrected chi connectivity index (χ1v) is 10.9. The van der Waals surface area contributed by atoms with Crippen molar-refractivity contribution >= 4 is 11.5 Å². The maximum absolute atomic E-state index is 4.60. The molecule has 1 aromatic carbocycles. The van der Waals surface area contributed by atoms with Gasteiger partial charge in [0.25, 0.3) is 0 Å². The van der Waals surface area contributed by atoms with Gasteiger partial charge >= 0.3 is 0 Å². The Morgan fingerprint density at radius 1 is 0.704 bits per heavy atom. The van der Waals surface area contributed by atoms with Gasteiger partial charge in [0.2, 0.25) is 0 Å². The lowest BCUT2D eigenvalue weighted by molar-refractivity contribution is 0.548. The third-order valence-electron chi connectivity index (χ3n) is 5.23. The van der Waals surface area contributed by atoms with Crippen LogP contribution in [0.1, 0.15) is 83.2 Å². The van der Waals surface area contributed by atoms with E-state index >= 15 is 0 Å². The average molecular weight is 368 g/mol. The molecule has 0 N–H and O–H groups in total. The van der Waals surface area contributed by atoms with Gasteiger partial charge in [-0.15, -0.1) is 0 Å². The van der Waals surface area contributed by atoms with Crippen LogP contribution in [0.5, 0.6) is 0 Å². The van der Waals surface area contributed by atoms with Gasteiger partial charge in [-0.3, -0.25) is 4.98 Å². The van der Waals surface area contributed by atoms with Crippen LogP contribution in [0.25, 0.3) is 0 Å². The molecule has 0 aliphatic rings. The van der Waals surface area contributed by atoms with E-state index in [1.807, 2.05) is 12.3 Å². The predicted octanol–water partition coefficient (Wildman–Crippen LogP) is 7.10. The summed E-state index contributed by atoms with van der Waals surface area (Å²) >= 11 is 0. The van der Waals surface area contributed by atoms with Gasteiger partial charge in [0, 0.05) is 25.1 Å². The molecule has 0 fully saturated rings. The van der Waals surface area contributed by atoms with Crippen molar-refractivity contribution in [2.45, 2.75) is 84.0 Å². The first kappa shape index (κ1) is 21.4. The molecule has 0 unspecified atom stereocenters. The molecule has 3 nitrogen and oxygen atoms in total. The lowest BCUT2D eigenvalue weighted by atomic mass is 10.0. The molecule has 1 heterocycles. The maximum Gasteiger partial charge on any atom is 0.154 e. The molecule has 0 aliphatic carbocycles. The molecular weight excluding hydrogens is 330 g/mol. The summed E-state index contributed by atoms with van der Waals surface area (Å²) in [5, 5.41) is 0. The van der Waals surface area contributed by atoms with Crippen molar-refractivity contribution in [1.29, 1.82) is 0 Å². The Hall–Kier alpha value is -1.90. The van der Waals surface area contributed by atoms with Crippen LogP contribution in [-0.2, 0) is 6.42 Å². The van der Waals surface area contributed by atoms with Gasteiger partial charge in [-0.1, -0.05) is 89.3 Å². The molecule has 0 amide bonds. The molecule has 0 aliphatic heterocycles. The minimum Gasteiger partial charge on any atom is -0.328 e. The van der Waals surface area contributed by atoms with E-state index in [0.29, 0.717) is 0 Å². The van der Waals surface area contributed by atoms with E-state index in [4.69, 9.17) is 0 Å². The zero-order valence-corrected chi connectivity index (χ0v) is 17.4. The number of unbranched alkanes of at least 4 members (excludes halogenated alkanes) is 10. The molecule has 0 saturated carbocycles. The largest absolute Gasteiger partial charge is 0.328 e. The van der Waals surface area contributed by atoms with Crippen LogP contribution in [0, 0.1) is 0 Å². The normalized spacial score (nSPS) is 10.9. The van der Waals surface area contributed by atoms with Gasteiger partial charge < -0.3 is 4.90 Å². The first-order valence-electron chi connectivity index (χ1n) is 10.9. The summed E-state index contributed by atoms with van der Waals surface area (Å²) in [6.45, 7) is 2.28. The van der Waals surface area contributed by atoms with Gasteiger partial charge in [0.1, 0.15) is 0 Å². The molecule has 148 valence electrons. The highest BCUT2D eigenvalue weighted by Gasteiger charge is 2.11. The quantitative estimate of drug-likeness (QED) is 0.333. The number of nitrogens with zero attached hydrogens (tertiary/aromatic N) is 3. The second kappa shape index (κ2) is 13.3. The molecule has 27 heavy (non-hydrogen) atoms. The molecule has 1 aromatic heterocycles. The van der Waals surface area contributed by atoms with Crippen LogP contribution in [0.3, 0.4) is 0 Å². The lowest BCUT2D eigenvalue weighted by Crippen LogP contribution is -2.14. The van der Waals surface area contributed by atoms with Crippen molar-refractivity contribution in [3.63, 3.8) is 0 Å². The van der Waals surface area contributed by atoms with Crippen LogP contribution in [0.15, 0.2) is 42.7 Å². The zero-order valence-electron chi connectivity index (χ0n) is 17.4. The summed E-state index contributed by atoms with van der Waals surface area (Å²) in [5.74, 6) is 0.982. The summed E-state index contributed by atoms with van der Waals surface area (Å²) in [6, 6.07) is 10.4. The smallest absolute Gasteiger partial charge is 0.154 e. The van der Waals surface area contributed by atoms with E-state index in [-0.39, 0.29) is 0 Å². The summed E-state index contributed by atoms with van der Waals surface area (Å²) < 4.78 is 0. The SMILES string of the molecule is CCCCCCCCCCCCCc1nccnc1N(C)c1ccccc1. The second-order valence-electron chi connectivity index (χ2n) is 7.51. The summed E-state index contributed by atoms with van der Waals surface area (Å²) in [5.41, 5.74) is 2.26. The molecule has 0 bridgehead atoms. The fourth-order valence-electron chi connectivity index (χ4n) is 3.55. The third kappa shape index (κ3) is 8.11. The topological polar surface area (TPSA) is 29.0 Å². The number of benzene rings is 1. The van der Waals surface area contributed by atoms with E-state index in [9.17, 15) is 0 Å². The average Bonchev–Trinajstić information content (AvgIpc) is 2.72. The van der Waals surface area contributed by atoms with Crippen molar-refractivity contribution in [3.8, 4) is 0 Å². The van der Waals surface area contributed by atoms with Crippen LogP contribution in [0.4, 0.5) is 11.5 Å². The Morgan fingerprint density at radius 2 is 1.26 bits per heavy atom. The molecule has 0 saturated heterocycles. The van der Waals surface area contributed by atoms with Crippen LogP contribution in [-0.4, -0.2) is 17.0 Å². The summed E-state index contributed by atoms with van der Waals surface area (Å²) in [6.07, 6.45) is 19.7. The predicted molar refractivity (Wildman–Crippen MR) is 117 cm³/mol. The van der Waals surface area contributed by atoms with Crippen molar-refractivity contribution in [2.75, 3.05) is 11.9 Å². The van der Waals surface area contributed by atoms with Gasteiger partial charge in [-0.2, -0.15) is 0 Å². The van der Waals surface area contributed by atoms with E-state index in [2.05, 4.69) is 53.1 Å². The summed E-state index contributed by atoms with van der Waals surface area (Å²) in [4.78, 5) is 11.3. The molecular formula is C24H37N3. The Balaban J connectivity index is 1.65. The molecule has 3 heteroatoms. The zero-order chi connectivity index (χ0) is 19.2. The third-order valence-corrected chi connectivity index (χ3v) is 5.23. The van der Waals surface area contributed by atoms with E-state index < -0.39 is 0 Å². The summed E-state index contributed by atoms with van der Waals surface area (Å²) in [7, 11) is 2.07. The fraction of sp³-hybridized carbons (Fsp3) is 0.583. The van der Waals surface area contributed by atoms with E-state index in [0.717, 1.165) is 23.6 Å². The Kier molecular flexibility index (Phi) is 10.5. The highest BCUT2D eigenvalue weighted by atomic mass is 15.2. The Morgan fingerprint density at radius 3 is 1.89 bits per heavy atom. The monoisotopic (exact) mass is 367 g/mol. The number of hydrogen-bond acceptors (Lipinski definition) is 3. The number of anilines is 2. The van der Waals surface area contributed by atoms with Crippen molar-refractivity contribution in [3.05, 3.63) is 48.4 Å². The molecule has 0 atom stereocenters. The number of para-hydroxylation sites is 1. The van der Waals surface area contributed by atoms with Crippen molar-refractivity contribution < 1.29 is 0 Å². The molecule has 0 radical (unpaired) electrons. The highest BCUT2D eigenvalue weighted by Crippen LogP contribution is 2.24. The van der Waals surface area contributed by atoms with Crippen LogP contribution in [0.2, 0.25) is 0 Å². The van der Waals surface area contributed by atoms with Crippen molar-refractivity contribution in [2.24, 2.45) is 0 Å². The van der Waals surface area contributed by atoms with Gasteiger partial charge in [-0.05, 0) is 25.0 Å². The van der Waals surface area contributed by atoms with E-state index in [1.54, 1.807) is 6.20 Å². The Labute approximate surface area is 166 Å². The van der Waals surface area contributed by atoms with Gasteiger partial charge in [0.15, 0.2) is 5.82 Å². The number of hydrogen-bond donors (Lipinski definition) is 0. The van der Waals surface area contributed by atoms with Crippen molar-refractivity contribution in [1.82, 2.24) is 9.97 Å². The lowest BCUT2D eigenvalue weighted by Gasteiger charge is -2.20. The molecule has 0 spiro atoms. The number of rotatable bonds is 14. The standard InChI is InChI=1S/C24H37N3/c1-3-4-5-6-7-8-9-10-11-12-16-19-23-24(26-21-20-25-23)27(2)22-17-14-13-15-18-22/h13-15,17-18,20-21H,3-12,16,19H2,1-2H3. The molecule has 2 aromatic rings. The van der Waals surface area contributed by atoms with Crippen LogP contribution >= 0.6 is 0 Å². The minimum absolute atomic E-state index is 0.982. The first-order chi connectivity index (χ1) is 13.3. The highest BCUT2D eigenvalue weighted by molar-refractivity contribution is 5.60. The van der Waals surface area contributed by atoms with Gasteiger partial charge in [-0.25, -0.2) is 4.98 Å². The number of aromatic nitrogens is 2. The fourth-order valence-corrected chi connectivity index (χ4v) is 3.55. The second-order valence-corrected chi connectivity index (χ2v) is 7.51. The van der Waals surface area contributed by atoms with Crippen LogP contribution < -0.4 is 4.90 Å². The Bertz CT molecular complexity index is 612. The number of aryl methyl sites for hydroxylation is 1. The molecule has 2 rings (SSSR count).